The normalized spacial score (nSPS) is 21.4. The molecule has 0 radical (unpaired) electrons. The summed E-state index contributed by atoms with van der Waals surface area (Å²) in [4.78, 5) is 24.8. The first-order valence-electron chi connectivity index (χ1n) is 13.6. The van der Waals surface area contributed by atoms with Crippen molar-refractivity contribution in [1.82, 2.24) is 14.9 Å². The van der Waals surface area contributed by atoms with Gasteiger partial charge < -0.3 is 25.0 Å². The van der Waals surface area contributed by atoms with Crippen LogP contribution in [0, 0.1) is 23.5 Å². The summed E-state index contributed by atoms with van der Waals surface area (Å²) in [5.74, 6) is 1.03. The molecule has 8 nitrogen and oxygen atoms in total. The predicted octanol–water partition coefficient (Wildman–Crippen LogP) is 4.74. The molecule has 1 amide bonds. The summed E-state index contributed by atoms with van der Waals surface area (Å²) in [6.07, 6.45) is 6.43. The Balaban J connectivity index is 1.20. The fraction of sp³-hybridized carbons (Fsp3) is 0.607. The van der Waals surface area contributed by atoms with Gasteiger partial charge in [-0.15, -0.1) is 0 Å². The number of aromatic nitrogens is 2. The van der Waals surface area contributed by atoms with E-state index < -0.39 is 11.6 Å². The maximum atomic E-state index is 14.2. The molecule has 1 aromatic heterocycles. The molecule has 0 spiro atoms. The van der Waals surface area contributed by atoms with Crippen molar-refractivity contribution in [3.8, 4) is 5.75 Å². The summed E-state index contributed by atoms with van der Waals surface area (Å²) in [5, 5.41) is 0. The predicted molar refractivity (Wildman–Crippen MR) is 141 cm³/mol. The largest absolute Gasteiger partial charge is 0.490 e. The number of hydrogen-bond acceptors (Lipinski definition) is 7. The third kappa shape index (κ3) is 7.09. The minimum Gasteiger partial charge on any atom is -0.490 e. The first-order valence-corrected chi connectivity index (χ1v) is 13.6. The van der Waals surface area contributed by atoms with E-state index in [-0.39, 0.29) is 24.2 Å². The molecule has 1 aromatic carbocycles. The fourth-order valence-corrected chi connectivity index (χ4v) is 5.42. The number of rotatable bonds is 8. The van der Waals surface area contributed by atoms with E-state index >= 15 is 0 Å². The summed E-state index contributed by atoms with van der Waals surface area (Å²) in [7, 11) is 0. The van der Waals surface area contributed by atoms with Crippen molar-refractivity contribution in [2.75, 3.05) is 37.7 Å². The van der Waals surface area contributed by atoms with Crippen LogP contribution >= 0.6 is 0 Å². The van der Waals surface area contributed by atoms with E-state index in [4.69, 9.17) is 15.2 Å². The van der Waals surface area contributed by atoms with Crippen molar-refractivity contribution in [3.63, 3.8) is 0 Å². The lowest BCUT2D eigenvalue weighted by Crippen LogP contribution is -2.48. The van der Waals surface area contributed by atoms with Crippen LogP contribution in [0.5, 0.6) is 5.75 Å². The lowest BCUT2D eigenvalue weighted by atomic mass is 9.84. The smallest absolute Gasteiger partial charge is 0.410 e. The first kappa shape index (κ1) is 28.0. The molecular weight excluding hydrogens is 492 g/mol. The molecule has 0 aliphatic carbocycles. The zero-order valence-electron chi connectivity index (χ0n) is 22.5. The van der Waals surface area contributed by atoms with Gasteiger partial charge in [0.2, 0.25) is 5.95 Å². The van der Waals surface area contributed by atoms with Crippen LogP contribution in [0.3, 0.4) is 0 Å². The molecule has 208 valence electrons. The van der Waals surface area contributed by atoms with Gasteiger partial charge in [0.05, 0.1) is 25.1 Å². The van der Waals surface area contributed by atoms with Crippen LogP contribution in [-0.2, 0) is 4.74 Å². The highest BCUT2D eigenvalue weighted by molar-refractivity contribution is 5.67. The summed E-state index contributed by atoms with van der Waals surface area (Å²) in [6.45, 7) is 9.04. The molecule has 2 aliphatic rings. The number of hydrogen-bond donors (Lipinski definition) is 1. The summed E-state index contributed by atoms with van der Waals surface area (Å²) < 4.78 is 39.1. The number of likely N-dealkylation sites (tertiary alicyclic amines) is 1. The Labute approximate surface area is 223 Å². The average molecular weight is 532 g/mol. The molecule has 0 saturated carbocycles. The van der Waals surface area contributed by atoms with Crippen LogP contribution in [-0.4, -0.2) is 65.9 Å². The van der Waals surface area contributed by atoms with Crippen molar-refractivity contribution in [2.24, 2.45) is 17.6 Å². The average Bonchev–Trinajstić information content (AvgIpc) is 2.90. The van der Waals surface area contributed by atoms with Crippen LogP contribution in [0.4, 0.5) is 19.5 Å². The standard InChI is InChI=1S/C28H39F2N5O3/c1-18(2)38-28(36)34-10-6-20(7-11-34)19(3)9-13-37-22-15-32-27(33-16-22)35-12-8-23(26(31)17-35)24-14-21(29)4-5-25(24)30/h4-5,14-16,18-20,23,26H,6-13,17,31H2,1-3H3/t19-,23-,26+/m1/s1. The first-order chi connectivity index (χ1) is 18.2. The molecule has 2 N–H and O–H groups in total. The number of halogens is 2. The van der Waals surface area contributed by atoms with Gasteiger partial charge in [0.25, 0.3) is 0 Å². The molecule has 2 saturated heterocycles. The van der Waals surface area contributed by atoms with Crippen LogP contribution < -0.4 is 15.4 Å². The number of amides is 1. The van der Waals surface area contributed by atoms with Gasteiger partial charge >= 0.3 is 6.09 Å². The van der Waals surface area contributed by atoms with E-state index in [2.05, 4.69) is 16.9 Å². The molecule has 10 heteroatoms. The number of ether oxygens (including phenoxy) is 2. The highest BCUT2D eigenvalue weighted by atomic mass is 19.1. The Morgan fingerprint density at radius 3 is 2.47 bits per heavy atom. The third-order valence-corrected chi connectivity index (χ3v) is 7.69. The number of carbonyl (C=O) groups is 1. The summed E-state index contributed by atoms with van der Waals surface area (Å²) >= 11 is 0. The molecule has 0 unspecified atom stereocenters. The monoisotopic (exact) mass is 531 g/mol. The lowest BCUT2D eigenvalue weighted by molar-refractivity contribution is 0.0596. The minimum absolute atomic E-state index is 0.100. The zero-order chi connectivity index (χ0) is 27.2. The van der Waals surface area contributed by atoms with Crippen molar-refractivity contribution >= 4 is 12.0 Å². The van der Waals surface area contributed by atoms with Crippen LogP contribution in [0.15, 0.2) is 30.6 Å². The molecule has 3 atom stereocenters. The van der Waals surface area contributed by atoms with Gasteiger partial charge in [-0.1, -0.05) is 6.92 Å². The number of carbonyl (C=O) groups excluding carboxylic acids is 1. The van der Waals surface area contributed by atoms with Gasteiger partial charge in [0, 0.05) is 38.1 Å². The Morgan fingerprint density at radius 1 is 1.11 bits per heavy atom. The van der Waals surface area contributed by atoms with Crippen molar-refractivity contribution in [2.45, 2.75) is 64.5 Å². The van der Waals surface area contributed by atoms with Crippen molar-refractivity contribution in [1.29, 1.82) is 0 Å². The fourth-order valence-electron chi connectivity index (χ4n) is 5.42. The molecule has 38 heavy (non-hydrogen) atoms. The Kier molecular flexibility index (Phi) is 9.35. The second kappa shape index (κ2) is 12.7. The summed E-state index contributed by atoms with van der Waals surface area (Å²) in [6, 6.07) is 3.15. The molecule has 2 aliphatic heterocycles. The van der Waals surface area contributed by atoms with E-state index in [0.29, 0.717) is 55.2 Å². The molecular formula is C28H39F2N5O3. The molecule has 4 rings (SSSR count). The van der Waals surface area contributed by atoms with E-state index in [1.165, 1.54) is 6.07 Å². The number of nitrogens with two attached hydrogens (primary N) is 1. The number of benzene rings is 1. The molecule has 2 aromatic rings. The second-order valence-electron chi connectivity index (χ2n) is 10.8. The van der Waals surface area contributed by atoms with Gasteiger partial charge in [-0.25, -0.2) is 23.5 Å². The highest BCUT2D eigenvalue weighted by Gasteiger charge is 2.31. The lowest BCUT2D eigenvalue weighted by Gasteiger charge is -2.37. The zero-order valence-corrected chi connectivity index (χ0v) is 22.5. The van der Waals surface area contributed by atoms with Gasteiger partial charge in [0.1, 0.15) is 11.6 Å². The maximum Gasteiger partial charge on any atom is 0.410 e. The third-order valence-electron chi connectivity index (χ3n) is 7.69. The summed E-state index contributed by atoms with van der Waals surface area (Å²) in [5.41, 5.74) is 6.68. The topological polar surface area (TPSA) is 93.8 Å². The van der Waals surface area contributed by atoms with Gasteiger partial charge in [0.15, 0.2) is 5.75 Å². The molecule has 2 fully saturated rings. The second-order valence-corrected chi connectivity index (χ2v) is 10.8. The minimum atomic E-state index is -0.460. The van der Waals surface area contributed by atoms with E-state index in [9.17, 15) is 13.6 Å². The van der Waals surface area contributed by atoms with E-state index in [0.717, 1.165) is 44.5 Å². The Morgan fingerprint density at radius 2 is 1.82 bits per heavy atom. The number of piperidine rings is 2. The van der Waals surface area contributed by atoms with Gasteiger partial charge in [-0.05, 0) is 75.1 Å². The molecule has 0 bridgehead atoms. The molecule has 3 heterocycles. The quantitative estimate of drug-likeness (QED) is 0.526. The van der Waals surface area contributed by atoms with Crippen LogP contribution in [0.2, 0.25) is 0 Å². The highest BCUT2D eigenvalue weighted by Crippen LogP contribution is 2.31. The Bertz CT molecular complexity index is 1060. The van der Waals surface area contributed by atoms with Crippen LogP contribution in [0.25, 0.3) is 0 Å². The van der Waals surface area contributed by atoms with Gasteiger partial charge in [-0.2, -0.15) is 0 Å². The van der Waals surface area contributed by atoms with Crippen molar-refractivity contribution < 1.29 is 23.0 Å². The Hall–Kier alpha value is -3.01. The number of nitrogens with zero attached hydrogens (tertiary/aromatic N) is 4. The van der Waals surface area contributed by atoms with Crippen LogP contribution in [0.1, 0.15) is 57.9 Å². The van der Waals surface area contributed by atoms with E-state index in [1.807, 2.05) is 18.7 Å². The number of anilines is 1. The maximum absolute atomic E-state index is 14.2. The SMILES string of the molecule is CC(C)OC(=O)N1CCC([C@H](C)CCOc2cnc(N3CC[C@H](c4cc(F)ccc4F)[C@@H](N)C3)nc2)CC1. The van der Waals surface area contributed by atoms with Gasteiger partial charge in [-0.3, -0.25) is 0 Å². The van der Waals surface area contributed by atoms with E-state index in [1.54, 1.807) is 17.3 Å². The van der Waals surface area contributed by atoms with Crippen molar-refractivity contribution in [3.05, 3.63) is 47.8 Å².